The molecule has 0 unspecified atom stereocenters. The first kappa shape index (κ1) is 13.8. The molecule has 1 aromatic rings. The topological polar surface area (TPSA) is 35.0 Å². The summed E-state index contributed by atoms with van der Waals surface area (Å²) in [6.45, 7) is 5.63. The zero-order valence-corrected chi connectivity index (χ0v) is 9.77. The number of aromatic nitrogens is 2. The van der Waals surface area contributed by atoms with E-state index in [0.717, 1.165) is 5.57 Å². The van der Waals surface area contributed by atoms with Gasteiger partial charge in [0.2, 0.25) is 11.2 Å². The highest BCUT2D eigenvalue weighted by Gasteiger charge is 2.33. The third kappa shape index (κ3) is 4.60. The fraction of sp³-hybridized carbons (Fsp3) is 0.400. The lowest BCUT2D eigenvalue weighted by Crippen LogP contribution is -2.10. The molecule has 17 heavy (non-hydrogen) atoms. The Labute approximate surface area is 101 Å². The molecule has 0 atom stereocenters. The largest absolute Gasteiger partial charge is 0.477 e. The third-order valence-electron chi connectivity index (χ3n) is 1.74. The lowest BCUT2D eigenvalue weighted by Gasteiger charge is -2.09. The van der Waals surface area contributed by atoms with E-state index in [1.807, 2.05) is 0 Å². The van der Waals surface area contributed by atoms with Crippen LogP contribution in [0.5, 0.6) is 5.88 Å². The van der Waals surface area contributed by atoms with Gasteiger partial charge in [-0.1, -0.05) is 5.57 Å². The molecule has 0 amide bonds. The van der Waals surface area contributed by atoms with E-state index in [1.54, 1.807) is 6.92 Å². The molecule has 0 aliphatic heterocycles. The molecule has 94 valence electrons. The van der Waals surface area contributed by atoms with Crippen molar-refractivity contribution < 1.29 is 17.9 Å². The van der Waals surface area contributed by atoms with Crippen molar-refractivity contribution in [2.75, 3.05) is 6.61 Å². The normalized spacial score (nSPS) is 11.4. The van der Waals surface area contributed by atoms with Gasteiger partial charge in [-0.2, -0.15) is 18.2 Å². The van der Waals surface area contributed by atoms with Gasteiger partial charge in [0.05, 0.1) is 6.61 Å². The minimum absolute atomic E-state index is 0.194. The van der Waals surface area contributed by atoms with Crippen molar-refractivity contribution in [1.82, 2.24) is 9.97 Å². The minimum atomic E-state index is -4.57. The van der Waals surface area contributed by atoms with Gasteiger partial charge in [0.1, 0.15) is 0 Å². The van der Waals surface area contributed by atoms with Gasteiger partial charge in [-0.05, 0) is 18.5 Å². The summed E-state index contributed by atoms with van der Waals surface area (Å²) in [5, 5.41) is -0.495. The van der Waals surface area contributed by atoms with Crippen LogP contribution in [-0.2, 0) is 6.18 Å². The summed E-state index contributed by atoms with van der Waals surface area (Å²) in [5.74, 6) is -0.196. The molecular formula is C10H10ClF3N2O. The molecule has 7 heteroatoms. The number of rotatable bonds is 4. The molecule has 0 saturated heterocycles. The van der Waals surface area contributed by atoms with Gasteiger partial charge in [-0.3, -0.25) is 0 Å². The summed E-state index contributed by atoms with van der Waals surface area (Å²) in [6.07, 6.45) is -4.04. The van der Waals surface area contributed by atoms with E-state index in [4.69, 9.17) is 16.3 Å². The first-order valence-electron chi connectivity index (χ1n) is 4.68. The predicted octanol–water partition coefficient (Wildman–Crippen LogP) is 3.49. The van der Waals surface area contributed by atoms with Crippen LogP contribution in [0.3, 0.4) is 0 Å². The molecule has 1 rings (SSSR count). The lowest BCUT2D eigenvalue weighted by atomic mass is 10.3. The maximum atomic E-state index is 12.4. The monoisotopic (exact) mass is 266 g/mol. The van der Waals surface area contributed by atoms with E-state index in [2.05, 4.69) is 16.5 Å². The van der Waals surface area contributed by atoms with E-state index in [-0.39, 0.29) is 12.5 Å². The number of hydrogen-bond donors (Lipinski definition) is 0. The molecule has 0 fully saturated rings. The SMILES string of the molecule is C=C(C)CCOc1cc(C(F)(F)F)nc(Cl)n1. The molecule has 0 bridgehead atoms. The number of alkyl halides is 3. The van der Waals surface area contributed by atoms with E-state index < -0.39 is 17.2 Å². The number of nitrogens with zero attached hydrogens (tertiary/aromatic N) is 2. The van der Waals surface area contributed by atoms with Crippen molar-refractivity contribution in [3.05, 3.63) is 29.2 Å². The number of halogens is 4. The molecule has 0 spiro atoms. The van der Waals surface area contributed by atoms with Crippen LogP contribution >= 0.6 is 11.6 Å². The molecular weight excluding hydrogens is 257 g/mol. The summed E-state index contributed by atoms with van der Waals surface area (Å²) < 4.78 is 42.2. The second-order valence-corrected chi connectivity index (χ2v) is 3.75. The highest BCUT2D eigenvalue weighted by molar-refractivity contribution is 6.28. The Morgan fingerprint density at radius 3 is 2.65 bits per heavy atom. The summed E-state index contributed by atoms with van der Waals surface area (Å²) in [7, 11) is 0. The van der Waals surface area contributed by atoms with Crippen molar-refractivity contribution in [1.29, 1.82) is 0 Å². The first-order chi connectivity index (χ1) is 7.79. The Balaban J connectivity index is 2.79. The van der Waals surface area contributed by atoms with Crippen LogP contribution in [-0.4, -0.2) is 16.6 Å². The first-order valence-corrected chi connectivity index (χ1v) is 5.06. The fourth-order valence-electron chi connectivity index (χ4n) is 0.946. The minimum Gasteiger partial charge on any atom is -0.477 e. The van der Waals surface area contributed by atoms with E-state index in [1.165, 1.54) is 0 Å². The van der Waals surface area contributed by atoms with Crippen molar-refractivity contribution in [3.63, 3.8) is 0 Å². The van der Waals surface area contributed by atoms with Gasteiger partial charge in [0.25, 0.3) is 0 Å². The summed E-state index contributed by atoms with van der Waals surface area (Å²) >= 11 is 5.38. The number of hydrogen-bond acceptors (Lipinski definition) is 3. The Morgan fingerprint density at radius 1 is 1.47 bits per heavy atom. The van der Waals surface area contributed by atoms with Gasteiger partial charge >= 0.3 is 6.18 Å². The predicted molar refractivity (Wildman–Crippen MR) is 57.0 cm³/mol. The van der Waals surface area contributed by atoms with Crippen molar-refractivity contribution >= 4 is 11.6 Å². The standard InChI is InChI=1S/C10H10ClF3N2O/c1-6(2)3-4-17-8-5-7(10(12,13)14)15-9(11)16-8/h5H,1,3-4H2,2H3. The Hall–Kier alpha value is -1.30. The molecule has 3 nitrogen and oxygen atoms in total. The van der Waals surface area contributed by atoms with Crippen LogP contribution in [0.25, 0.3) is 0 Å². The molecule has 1 aromatic heterocycles. The Kier molecular flexibility index (Phi) is 4.34. The van der Waals surface area contributed by atoms with E-state index in [9.17, 15) is 13.2 Å². The maximum Gasteiger partial charge on any atom is 0.433 e. The highest BCUT2D eigenvalue weighted by atomic mass is 35.5. The van der Waals surface area contributed by atoms with Crippen LogP contribution in [0.1, 0.15) is 19.0 Å². The summed E-state index contributed by atoms with van der Waals surface area (Å²) in [5.41, 5.74) is -0.260. The van der Waals surface area contributed by atoms with Gasteiger partial charge in [0, 0.05) is 12.5 Å². The Morgan fingerprint density at radius 2 is 2.12 bits per heavy atom. The van der Waals surface area contributed by atoms with Crippen molar-refractivity contribution in [3.8, 4) is 5.88 Å². The average molecular weight is 267 g/mol. The van der Waals surface area contributed by atoms with Gasteiger partial charge in [-0.25, -0.2) is 4.98 Å². The molecule has 0 aliphatic rings. The lowest BCUT2D eigenvalue weighted by molar-refractivity contribution is -0.141. The summed E-state index contributed by atoms with van der Waals surface area (Å²) in [6, 6.07) is 0.713. The van der Waals surface area contributed by atoms with Gasteiger partial charge < -0.3 is 4.74 Å². The van der Waals surface area contributed by atoms with Crippen molar-refractivity contribution in [2.24, 2.45) is 0 Å². The molecule has 0 radical (unpaired) electrons. The van der Waals surface area contributed by atoms with Crippen LogP contribution in [0.4, 0.5) is 13.2 Å². The molecule has 0 aliphatic carbocycles. The Bertz CT molecular complexity index is 421. The van der Waals surface area contributed by atoms with E-state index >= 15 is 0 Å². The van der Waals surface area contributed by atoms with E-state index in [0.29, 0.717) is 12.5 Å². The molecule has 0 aromatic carbocycles. The van der Waals surface area contributed by atoms with Crippen LogP contribution in [0.2, 0.25) is 5.28 Å². The second-order valence-electron chi connectivity index (χ2n) is 3.41. The van der Waals surface area contributed by atoms with Gasteiger partial charge in [0.15, 0.2) is 5.69 Å². The maximum absolute atomic E-state index is 12.4. The second kappa shape index (κ2) is 5.35. The van der Waals surface area contributed by atoms with Crippen LogP contribution in [0, 0.1) is 0 Å². The highest BCUT2D eigenvalue weighted by Crippen LogP contribution is 2.30. The fourth-order valence-corrected chi connectivity index (χ4v) is 1.12. The smallest absolute Gasteiger partial charge is 0.433 e. The molecule has 1 heterocycles. The zero-order valence-electron chi connectivity index (χ0n) is 9.01. The number of ether oxygens (including phenoxy) is 1. The van der Waals surface area contributed by atoms with Crippen molar-refractivity contribution in [2.45, 2.75) is 19.5 Å². The zero-order chi connectivity index (χ0) is 13.1. The average Bonchev–Trinajstić information content (AvgIpc) is 2.14. The third-order valence-corrected chi connectivity index (χ3v) is 1.91. The summed E-state index contributed by atoms with van der Waals surface area (Å²) in [4.78, 5) is 6.63. The van der Waals surface area contributed by atoms with Crippen LogP contribution in [0.15, 0.2) is 18.2 Å². The molecule has 0 N–H and O–H groups in total. The quantitative estimate of drug-likeness (QED) is 0.618. The van der Waals surface area contributed by atoms with Gasteiger partial charge in [-0.15, -0.1) is 6.58 Å². The van der Waals surface area contributed by atoms with Crippen LogP contribution < -0.4 is 4.74 Å². The molecule has 0 saturated carbocycles.